The molecule has 0 amide bonds. The Labute approximate surface area is 128 Å². The average Bonchev–Trinajstić information content (AvgIpc) is 2.37. The fourth-order valence-corrected chi connectivity index (χ4v) is 4.50. The second-order valence-corrected chi connectivity index (χ2v) is 7.27. The molecule has 2 rings (SSSR count). The van der Waals surface area contributed by atoms with Crippen LogP contribution in [-0.4, -0.2) is 26.7 Å². The lowest BCUT2D eigenvalue weighted by molar-refractivity contribution is -0.385. The number of pyridine rings is 1. The maximum atomic E-state index is 10.7. The summed E-state index contributed by atoms with van der Waals surface area (Å²) in [5.74, 6) is 0. The Morgan fingerprint density at radius 1 is 1.55 bits per heavy atom. The lowest BCUT2D eigenvalue weighted by atomic mass is 9.85. The third-order valence-corrected chi connectivity index (χ3v) is 6.26. The summed E-state index contributed by atoms with van der Waals surface area (Å²) in [7, 11) is 2.99. The quantitative estimate of drug-likeness (QED) is 0.336. The Kier molecular flexibility index (Phi) is 5.11. The van der Waals surface area contributed by atoms with Gasteiger partial charge in [-0.2, -0.15) is 0 Å². The summed E-state index contributed by atoms with van der Waals surface area (Å²) in [4.78, 5) is 24.7. The molecule has 6 nitrogen and oxygen atoms in total. The first-order valence-electron chi connectivity index (χ1n) is 5.79. The maximum absolute atomic E-state index is 10.7. The predicted molar refractivity (Wildman–Crippen MR) is 78.1 cm³/mol. The molecule has 20 heavy (non-hydrogen) atoms. The summed E-state index contributed by atoms with van der Waals surface area (Å²) >= 11 is 5.18. The van der Waals surface area contributed by atoms with Gasteiger partial charge in [0.15, 0.2) is 0 Å². The minimum atomic E-state index is -0.796. The minimum Gasteiger partial charge on any atom is -0.452 e. The fourth-order valence-electron chi connectivity index (χ4n) is 1.67. The average molecular weight is 335 g/mol. The number of rotatable bonds is 6. The molecule has 0 aromatic carbocycles. The minimum absolute atomic E-state index is 0.0335. The van der Waals surface area contributed by atoms with Crippen molar-refractivity contribution in [2.45, 2.75) is 29.0 Å². The zero-order chi connectivity index (χ0) is 14.6. The SMILES string of the molecule is O=C(Cl)OCC1(SSc2ccc([N+](=O)[O-])cn2)CCC1. The van der Waals surface area contributed by atoms with E-state index in [1.165, 1.54) is 23.1 Å². The van der Waals surface area contributed by atoms with Crippen molar-refractivity contribution in [2.24, 2.45) is 0 Å². The molecule has 9 heteroatoms. The van der Waals surface area contributed by atoms with Crippen molar-refractivity contribution in [2.75, 3.05) is 6.61 Å². The highest BCUT2D eigenvalue weighted by Crippen LogP contribution is 2.51. The van der Waals surface area contributed by atoms with Crippen LogP contribution in [0.4, 0.5) is 10.5 Å². The van der Waals surface area contributed by atoms with Gasteiger partial charge in [-0.3, -0.25) is 10.1 Å². The second-order valence-electron chi connectivity index (χ2n) is 4.34. The summed E-state index contributed by atoms with van der Waals surface area (Å²) in [5, 5.41) is 11.2. The molecule has 1 heterocycles. The lowest BCUT2D eigenvalue weighted by Gasteiger charge is -2.39. The van der Waals surface area contributed by atoms with Crippen LogP contribution in [0.1, 0.15) is 19.3 Å². The lowest BCUT2D eigenvalue weighted by Crippen LogP contribution is -2.38. The smallest absolute Gasteiger partial charge is 0.403 e. The highest BCUT2D eigenvalue weighted by molar-refractivity contribution is 8.77. The fraction of sp³-hybridized carbons (Fsp3) is 0.455. The van der Waals surface area contributed by atoms with Gasteiger partial charge in [0.05, 0.1) is 9.67 Å². The number of nitrogens with zero attached hydrogens (tertiary/aromatic N) is 2. The van der Waals surface area contributed by atoms with Crippen molar-refractivity contribution < 1.29 is 14.5 Å². The molecule has 0 atom stereocenters. The summed E-state index contributed by atoms with van der Waals surface area (Å²) in [6.45, 7) is 0.278. The molecule has 1 aromatic rings. The monoisotopic (exact) mass is 334 g/mol. The Balaban J connectivity index is 1.89. The van der Waals surface area contributed by atoms with Crippen molar-refractivity contribution in [1.82, 2.24) is 4.98 Å². The van der Waals surface area contributed by atoms with E-state index in [-0.39, 0.29) is 17.0 Å². The van der Waals surface area contributed by atoms with Gasteiger partial charge in [0, 0.05) is 17.7 Å². The number of nitro groups is 1. The molecule has 0 bridgehead atoms. The normalized spacial score (nSPS) is 16.2. The van der Waals surface area contributed by atoms with Crippen LogP contribution in [-0.2, 0) is 4.74 Å². The number of ether oxygens (including phenoxy) is 1. The van der Waals surface area contributed by atoms with Gasteiger partial charge in [-0.15, -0.1) is 0 Å². The van der Waals surface area contributed by atoms with Crippen molar-refractivity contribution >= 4 is 44.3 Å². The Morgan fingerprint density at radius 2 is 2.30 bits per heavy atom. The van der Waals surface area contributed by atoms with E-state index in [4.69, 9.17) is 16.3 Å². The Morgan fingerprint density at radius 3 is 2.75 bits per heavy atom. The van der Waals surface area contributed by atoms with E-state index in [1.807, 2.05) is 0 Å². The van der Waals surface area contributed by atoms with Gasteiger partial charge in [0.1, 0.15) is 17.8 Å². The molecule has 108 valence electrons. The molecule has 1 aliphatic carbocycles. The Bertz CT molecular complexity index is 508. The van der Waals surface area contributed by atoms with Crippen LogP contribution in [0.5, 0.6) is 0 Å². The highest BCUT2D eigenvalue weighted by atomic mass is 35.5. The Hall–Kier alpha value is -0.990. The molecule has 1 aliphatic rings. The number of aromatic nitrogens is 1. The van der Waals surface area contributed by atoms with Gasteiger partial charge >= 0.3 is 5.43 Å². The van der Waals surface area contributed by atoms with Crippen LogP contribution in [0, 0.1) is 10.1 Å². The van der Waals surface area contributed by atoms with Crippen LogP contribution in [0.25, 0.3) is 0 Å². The van der Waals surface area contributed by atoms with Gasteiger partial charge < -0.3 is 4.74 Å². The molecule has 1 saturated carbocycles. The molecule has 1 fully saturated rings. The van der Waals surface area contributed by atoms with Gasteiger partial charge in [0.2, 0.25) is 0 Å². The van der Waals surface area contributed by atoms with Gasteiger partial charge in [0.25, 0.3) is 5.69 Å². The zero-order valence-corrected chi connectivity index (χ0v) is 12.7. The van der Waals surface area contributed by atoms with Crippen molar-refractivity contribution in [3.63, 3.8) is 0 Å². The zero-order valence-electron chi connectivity index (χ0n) is 10.3. The summed E-state index contributed by atoms with van der Waals surface area (Å²) in [5.41, 5.74) is -0.830. The van der Waals surface area contributed by atoms with Gasteiger partial charge in [-0.25, -0.2) is 9.78 Å². The molecule has 1 aromatic heterocycles. The van der Waals surface area contributed by atoms with E-state index in [0.717, 1.165) is 19.3 Å². The van der Waals surface area contributed by atoms with Crippen LogP contribution in [0.2, 0.25) is 0 Å². The van der Waals surface area contributed by atoms with Crippen molar-refractivity contribution in [3.05, 3.63) is 28.4 Å². The molecular formula is C11H11ClN2O4S2. The van der Waals surface area contributed by atoms with Crippen molar-refractivity contribution in [3.8, 4) is 0 Å². The third kappa shape index (κ3) is 4.00. The van der Waals surface area contributed by atoms with Crippen LogP contribution in [0.15, 0.2) is 23.4 Å². The van der Waals surface area contributed by atoms with Gasteiger partial charge in [-0.1, -0.05) is 17.2 Å². The van der Waals surface area contributed by atoms with Crippen molar-refractivity contribution in [1.29, 1.82) is 0 Å². The van der Waals surface area contributed by atoms with Crippen LogP contribution >= 0.6 is 33.2 Å². The van der Waals surface area contributed by atoms with E-state index in [2.05, 4.69) is 4.98 Å². The van der Waals surface area contributed by atoms with Gasteiger partial charge in [-0.05, 0) is 29.7 Å². The molecule has 0 N–H and O–H groups in total. The summed E-state index contributed by atoms with van der Waals surface area (Å²) in [6, 6.07) is 3.03. The predicted octanol–water partition coefficient (Wildman–Crippen LogP) is 4.03. The molecule has 0 unspecified atom stereocenters. The van der Waals surface area contributed by atoms with E-state index in [1.54, 1.807) is 16.9 Å². The number of halogens is 1. The summed E-state index contributed by atoms with van der Waals surface area (Å²) in [6.07, 6.45) is 4.21. The van der Waals surface area contributed by atoms with E-state index in [0.29, 0.717) is 5.03 Å². The molecular weight excluding hydrogens is 324 g/mol. The third-order valence-electron chi connectivity index (χ3n) is 2.95. The first-order valence-corrected chi connectivity index (χ1v) is 8.32. The molecule has 0 saturated heterocycles. The maximum Gasteiger partial charge on any atom is 0.403 e. The van der Waals surface area contributed by atoms with E-state index in [9.17, 15) is 14.9 Å². The second kappa shape index (κ2) is 6.64. The standard InChI is InChI=1S/C11H11ClN2O4S2/c12-10(15)18-7-11(4-1-5-11)20-19-9-3-2-8(6-13-9)14(16)17/h2-3,6H,1,4-5,7H2. The summed E-state index contributed by atoms with van der Waals surface area (Å²) < 4.78 is 4.74. The first kappa shape index (κ1) is 15.4. The molecule has 0 spiro atoms. The van der Waals surface area contributed by atoms with E-state index >= 15 is 0 Å². The number of carbonyl (C=O) groups is 1. The number of carbonyl (C=O) groups excluding carboxylic acids is 1. The van der Waals surface area contributed by atoms with E-state index < -0.39 is 10.4 Å². The molecule has 0 aliphatic heterocycles. The largest absolute Gasteiger partial charge is 0.452 e. The highest BCUT2D eigenvalue weighted by Gasteiger charge is 2.39. The molecule has 0 radical (unpaired) electrons. The van der Waals surface area contributed by atoms with Crippen LogP contribution in [0.3, 0.4) is 0 Å². The number of hydrogen-bond donors (Lipinski definition) is 0. The first-order chi connectivity index (χ1) is 9.51. The number of hydrogen-bond acceptors (Lipinski definition) is 7. The topological polar surface area (TPSA) is 82.3 Å². The van der Waals surface area contributed by atoms with Crippen LogP contribution < -0.4 is 0 Å².